The highest BCUT2D eigenvalue weighted by Gasteiger charge is 2.22. The molecule has 0 bridgehead atoms. The molecule has 1 unspecified atom stereocenters. The fraction of sp³-hybridized carbons (Fsp3) is 0.438. The Bertz CT molecular complexity index is 750. The first-order chi connectivity index (χ1) is 11.7. The van der Waals surface area contributed by atoms with Crippen molar-refractivity contribution in [1.29, 1.82) is 5.26 Å². The Kier molecular flexibility index (Phi) is 5.18. The third-order valence-corrected chi connectivity index (χ3v) is 3.97. The molecule has 3 rings (SSSR count). The molecule has 1 aliphatic heterocycles. The van der Waals surface area contributed by atoms with Crippen LogP contribution in [0.1, 0.15) is 36.1 Å². The second kappa shape index (κ2) is 7.51. The van der Waals surface area contributed by atoms with E-state index in [1.807, 2.05) is 6.07 Å². The maximum Gasteiger partial charge on any atom is 0.253 e. The van der Waals surface area contributed by atoms with Crippen molar-refractivity contribution in [3.8, 4) is 17.6 Å². The number of nitrogens with zero attached hydrogens (tertiary/aromatic N) is 3. The van der Waals surface area contributed by atoms with E-state index >= 15 is 0 Å². The Morgan fingerprint density at radius 1 is 1.42 bits per heavy atom. The van der Waals surface area contributed by atoms with E-state index in [0.29, 0.717) is 35.5 Å². The number of ether oxygens (including phenoxy) is 3. The number of nitriles is 1. The zero-order valence-corrected chi connectivity index (χ0v) is 13.9. The van der Waals surface area contributed by atoms with E-state index in [1.54, 1.807) is 6.07 Å². The van der Waals surface area contributed by atoms with Gasteiger partial charge in [-0.15, -0.1) is 10.2 Å². The van der Waals surface area contributed by atoms with E-state index in [2.05, 4.69) is 10.2 Å². The van der Waals surface area contributed by atoms with Gasteiger partial charge in [-0.1, -0.05) is 11.6 Å². The first kappa shape index (κ1) is 16.6. The summed E-state index contributed by atoms with van der Waals surface area (Å²) in [6.07, 6.45) is 1.95. The average molecular weight is 350 g/mol. The Labute approximate surface area is 144 Å². The lowest BCUT2D eigenvalue weighted by Crippen LogP contribution is -2.15. The predicted octanol–water partition coefficient (Wildman–Crippen LogP) is 3.08. The number of hydrogen-bond acceptors (Lipinski definition) is 7. The molecule has 24 heavy (non-hydrogen) atoms. The van der Waals surface area contributed by atoms with Gasteiger partial charge < -0.3 is 18.6 Å². The standard InChI is InChI=1S/C16H16ClN3O4/c1-21-13-6-10(7-18)5-12(17)15(13)23-9-14-19-20-16(24-14)11-3-2-4-22-8-11/h5-6,11H,2-4,8-9H2,1H3. The summed E-state index contributed by atoms with van der Waals surface area (Å²) in [5, 5.41) is 17.3. The molecule has 2 aromatic rings. The van der Waals surface area contributed by atoms with Crippen LogP contribution >= 0.6 is 11.6 Å². The summed E-state index contributed by atoms with van der Waals surface area (Å²) in [6, 6.07) is 5.08. The van der Waals surface area contributed by atoms with Gasteiger partial charge in [0, 0.05) is 12.7 Å². The van der Waals surface area contributed by atoms with E-state index in [1.165, 1.54) is 13.2 Å². The number of hydrogen-bond donors (Lipinski definition) is 0. The minimum absolute atomic E-state index is 0.0581. The van der Waals surface area contributed by atoms with Crippen LogP contribution in [0.3, 0.4) is 0 Å². The maximum absolute atomic E-state index is 8.96. The first-order valence-electron chi connectivity index (χ1n) is 7.51. The number of methoxy groups -OCH3 is 1. The molecule has 1 saturated heterocycles. The minimum Gasteiger partial charge on any atom is -0.493 e. The summed E-state index contributed by atoms with van der Waals surface area (Å²) in [7, 11) is 1.48. The van der Waals surface area contributed by atoms with Crippen molar-refractivity contribution in [1.82, 2.24) is 10.2 Å². The molecule has 1 fully saturated rings. The quantitative estimate of drug-likeness (QED) is 0.819. The maximum atomic E-state index is 8.96. The van der Waals surface area contributed by atoms with E-state index in [-0.39, 0.29) is 17.5 Å². The van der Waals surface area contributed by atoms with Crippen molar-refractivity contribution in [2.24, 2.45) is 0 Å². The van der Waals surface area contributed by atoms with Crippen molar-refractivity contribution in [2.45, 2.75) is 25.4 Å². The molecule has 1 aromatic heterocycles. The second-order valence-corrected chi connectivity index (χ2v) is 5.75. The predicted molar refractivity (Wildman–Crippen MR) is 84.1 cm³/mol. The SMILES string of the molecule is COc1cc(C#N)cc(Cl)c1OCc1nnc(C2CCCOC2)o1. The van der Waals surface area contributed by atoms with Crippen molar-refractivity contribution in [3.05, 3.63) is 34.5 Å². The van der Waals surface area contributed by atoms with Crippen LogP contribution in [0, 0.1) is 11.3 Å². The third kappa shape index (κ3) is 3.61. The highest BCUT2D eigenvalue weighted by Crippen LogP contribution is 2.36. The van der Waals surface area contributed by atoms with Crippen LogP contribution in [0.2, 0.25) is 5.02 Å². The lowest BCUT2D eigenvalue weighted by Gasteiger charge is -2.18. The highest BCUT2D eigenvalue weighted by atomic mass is 35.5. The van der Waals surface area contributed by atoms with Gasteiger partial charge in [0.2, 0.25) is 5.89 Å². The molecule has 0 aliphatic carbocycles. The fourth-order valence-electron chi connectivity index (χ4n) is 2.48. The number of benzene rings is 1. The lowest BCUT2D eigenvalue weighted by atomic mass is 10.0. The van der Waals surface area contributed by atoms with Crippen LogP contribution in [0.15, 0.2) is 16.5 Å². The Morgan fingerprint density at radius 3 is 3.00 bits per heavy atom. The minimum atomic E-state index is 0.0581. The Balaban J connectivity index is 1.70. The molecule has 126 valence electrons. The molecular weight excluding hydrogens is 334 g/mol. The molecule has 0 spiro atoms. The van der Waals surface area contributed by atoms with E-state index in [0.717, 1.165) is 19.4 Å². The molecule has 2 heterocycles. The zero-order valence-electron chi connectivity index (χ0n) is 13.1. The van der Waals surface area contributed by atoms with Crippen LogP contribution in [0.5, 0.6) is 11.5 Å². The van der Waals surface area contributed by atoms with Crippen molar-refractivity contribution >= 4 is 11.6 Å². The fourth-order valence-corrected chi connectivity index (χ4v) is 2.75. The Morgan fingerprint density at radius 2 is 2.29 bits per heavy atom. The van der Waals surface area contributed by atoms with Crippen molar-refractivity contribution < 1.29 is 18.6 Å². The van der Waals surface area contributed by atoms with Gasteiger partial charge in [-0.3, -0.25) is 0 Å². The summed E-state index contributed by atoms with van der Waals surface area (Å²) in [6.45, 7) is 1.43. The van der Waals surface area contributed by atoms with E-state index in [4.69, 9.17) is 35.5 Å². The molecule has 8 heteroatoms. The topological polar surface area (TPSA) is 90.4 Å². The van der Waals surface area contributed by atoms with E-state index < -0.39 is 0 Å². The van der Waals surface area contributed by atoms with Crippen LogP contribution in [-0.2, 0) is 11.3 Å². The number of rotatable bonds is 5. The smallest absolute Gasteiger partial charge is 0.253 e. The van der Waals surface area contributed by atoms with Gasteiger partial charge in [0.25, 0.3) is 5.89 Å². The summed E-state index contributed by atoms with van der Waals surface area (Å²) >= 11 is 6.15. The molecule has 7 nitrogen and oxygen atoms in total. The van der Waals surface area contributed by atoms with Crippen molar-refractivity contribution in [3.63, 3.8) is 0 Å². The van der Waals surface area contributed by atoms with Gasteiger partial charge >= 0.3 is 0 Å². The molecule has 0 N–H and O–H groups in total. The molecule has 0 amide bonds. The zero-order chi connectivity index (χ0) is 16.9. The average Bonchev–Trinajstić information content (AvgIpc) is 3.09. The lowest BCUT2D eigenvalue weighted by molar-refractivity contribution is 0.0717. The van der Waals surface area contributed by atoms with Crippen molar-refractivity contribution in [2.75, 3.05) is 20.3 Å². The van der Waals surface area contributed by atoms with Gasteiger partial charge in [0.1, 0.15) is 0 Å². The monoisotopic (exact) mass is 349 g/mol. The van der Waals surface area contributed by atoms with Gasteiger partial charge in [0.05, 0.1) is 36.3 Å². The Hall–Kier alpha value is -2.30. The van der Waals surface area contributed by atoms with Crippen LogP contribution in [0.4, 0.5) is 0 Å². The number of aromatic nitrogens is 2. The molecule has 1 atom stereocenters. The largest absolute Gasteiger partial charge is 0.493 e. The second-order valence-electron chi connectivity index (χ2n) is 5.34. The summed E-state index contributed by atoms with van der Waals surface area (Å²) < 4.78 is 21.9. The molecule has 1 aromatic carbocycles. The van der Waals surface area contributed by atoms with Crippen LogP contribution < -0.4 is 9.47 Å². The normalized spacial score (nSPS) is 17.3. The van der Waals surface area contributed by atoms with Crippen LogP contribution in [-0.4, -0.2) is 30.5 Å². The highest BCUT2D eigenvalue weighted by molar-refractivity contribution is 6.32. The molecule has 0 saturated carbocycles. The summed E-state index contributed by atoms with van der Waals surface area (Å²) in [5.41, 5.74) is 0.390. The molecule has 1 aliphatic rings. The molecular formula is C16H16ClN3O4. The molecule has 0 radical (unpaired) electrons. The van der Waals surface area contributed by atoms with Crippen LogP contribution in [0.25, 0.3) is 0 Å². The van der Waals surface area contributed by atoms with Gasteiger partial charge in [-0.25, -0.2) is 0 Å². The third-order valence-electron chi connectivity index (χ3n) is 3.69. The first-order valence-corrected chi connectivity index (χ1v) is 7.89. The van der Waals surface area contributed by atoms with E-state index in [9.17, 15) is 0 Å². The summed E-state index contributed by atoms with van der Waals surface area (Å²) in [5.74, 6) is 1.75. The van der Waals surface area contributed by atoms with Gasteiger partial charge in [-0.05, 0) is 18.9 Å². The van der Waals surface area contributed by atoms with Gasteiger partial charge in [0.15, 0.2) is 18.1 Å². The number of halogens is 1. The van der Waals surface area contributed by atoms with Gasteiger partial charge in [-0.2, -0.15) is 5.26 Å². The summed E-state index contributed by atoms with van der Waals surface area (Å²) in [4.78, 5) is 0.